The van der Waals surface area contributed by atoms with Gasteiger partial charge in [-0.3, -0.25) is 4.99 Å². The smallest absolute Gasteiger partial charge is 0.155 e. The monoisotopic (exact) mass is 806 g/mol. The fourth-order valence-corrected chi connectivity index (χ4v) is 10.1. The molecule has 2 nitrogen and oxygen atoms in total. The third-order valence-corrected chi connectivity index (χ3v) is 13.1. The standard InChI is InChI=1S/C61H46N2/c1-2-59(43-20-7-4-8-21-43)63-60(62-41-42-18-5-3-6-19-42)52-29-17-28-48(38-52)46-26-15-24-44(36-46)45-25-16-27-47(37-45)49-34-35-58-54(40-49)53-30-11-14-33-57(53)61(58)55-31-12-9-22-50(55)39-51-23-10-13-32-56(51)61/h3-38,40H,2,39,41H2,1H3. The summed E-state index contributed by atoms with van der Waals surface area (Å²) >= 11 is 0. The van der Waals surface area contributed by atoms with Crippen LogP contribution >= 0.6 is 0 Å². The Bertz CT molecular complexity index is 3160. The third-order valence-electron chi connectivity index (χ3n) is 13.1. The Morgan fingerprint density at radius 1 is 0.413 bits per heavy atom. The van der Waals surface area contributed by atoms with Gasteiger partial charge in [-0.25, -0.2) is 4.99 Å². The predicted molar refractivity (Wildman–Crippen MR) is 263 cm³/mol. The molecule has 2 heteroatoms. The van der Waals surface area contributed by atoms with E-state index < -0.39 is 0 Å². The lowest BCUT2D eigenvalue weighted by molar-refractivity contribution is 0.722. The topological polar surface area (TPSA) is 24.7 Å². The molecular formula is C61H46N2. The lowest BCUT2D eigenvalue weighted by Crippen LogP contribution is -2.34. The van der Waals surface area contributed by atoms with Crippen molar-refractivity contribution < 1.29 is 0 Å². The van der Waals surface area contributed by atoms with E-state index in [1.54, 1.807) is 0 Å². The van der Waals surface area contributed by atoms with E-state index in [2.05, 4.69) is 219 Å². The molecule has 0 aliphatic heterocycles. The van der Waals surface area contributed by atoms with Crippen molar-refractivity contribution in [3.05, 3.63) is 275 Å². The number of aliphatic imine (C=N–C) groups is 2. The number of hydrogen-bond acceptors (Lipinski definition) is 1. The van der Waals surface area contributed by atoms with E-state index in [4.69, 9.17) is 9.98 Å². The van der Waals surface area contributed by atoms with Gasteiger partial charge in [-0.15, -0.1) is 0 Å². The van der Waals surface area contributed by atoms with Crippen LogP contribution in [0.2, 0.25) is 0 Å². The molecule has 0 fully saturated rings. The Kier molecular flexibility index (Phi) is 9.90. The largest absolute Gasteiger partial charge is 0.261 e. The van der Waals surface area contributed by atoms with Gasteiger partial charge in [-0.1, -0.05) is 207 Å². The average molecular weight is 807 g/mol. The van der Waals surface area contributed by atoms with Crippen molar-refractivity contribution in [3.63, 3.8) is 0 Å². The first kappa shape index (κ1) is 38.3. The summed E-state index contributed by atoms with van der Waals surface area (Å²) in [5, 5.41) is 0. The second-order valence-electron chi connectivity index (χ2n) is 16.7. The Morgan fingerprint density at radius 2 is 0.905 bits per heavy atom. The molecule has 300 valence electrons. The highest BCUT2D eigenvalue weighted by atomic mass is 14.9. The number of benzene rings is 9. The van der Waals surface area contributed by atoms with Crippen molar-refractivity contribution in [2.24, 2.45) is 9.98 Å². The molecule has 0 bridgehead atoms. The van der Waals surface area contributed by atoms with E-state index in [-0.39, 0.29) is 5.41 Å². The number of amidine groups is 1. The minimum Gasteiger partial charge on any atom is -0.261 e. The van der Waals surface area contributed by atoms with Gasteiger partial charge in [0.15, 0.2) is 5.84 Å². The maximum Gasteiger partial charge on any atom is 0.155 e. The van der Waals surface area contributed by atoms with Gasteiger partial charge in [0.05, 0.1) is 12.0 Å². The van der Waals surface area contributed by atoms with Crippen LogP contribution in [0.5, 0.6) is 0 Å². The highest BCUT2D eigenvalue weighted by molar-refractivity contribution is 6.12. The zero-order valence-corrected chi connectivity index (χ0v) is 35.4. The van der Waals surface area contributed by atoms with Crippen LogP contribution in [0.15, 0.2) is 234 Å². The number of rotatable bonds is 8. The second-order valence-corrected chi connectivity index (χ2v) is 16.7. The van der Waals surface area contributed by atoms with Crippen molar-refractivity contribution in [2.45, 2.75) is 31.7 Å². The van der Waals surface area contributed by atoms with E-state index in [9.17, 15) is 0 Å². The highest BCUT2D eigenvalue weighted by Gasteiger charge is 2.49. The minimum atomic E-state index is -0.351. The van der Waals surface area contributed by atoms with Crippen molar-refractivity contribution >= 4 is 11.5 Å². The van der Waals surface area contributed by atoms with Crippen LogP contribution in [-0.2, 0) is 18.4 Å². The van der Waals surface area contributed by atoms with E-state index >= 15 is 0 Å². The van der Waals surface area contributed by atoms with E-state index in [0.717, 1.165) is 52.2 Å². The zero-order valence-electron chi connectivity index (χ0n) is 35.4. The molecule has 0 saturated heterocycles. The van der Waals surface area contributed by atoms with Gasteiger partial charge in [-0.05, 0) is 126 Å². The summed E-state index contributed by atoms with van der Waals surface area (Å²) in [6.07, 6.45) is 1.76. The first-order chi connectivity index (χ1) is 31.2. The lowest BCUT2D eigenvalue weighted by atomic mass is 9.61. The van der Waals surface area contributed by atoms with Crippen LogP contribution in [-0.4, -0.2) is 11.5 Å². The summed E-state index contributed by atoms with van der Waals surface area (Å²) in [6.45, 7) is 2.72. The molecule has 0 amide bonds. The molecule has 0 radical (unpaired) electrons. The maximum atomic E-state index is 5.23. The first-order valence-corrected chi connectivity index (χ1v) is 22.1. The number of nitrogens with zero attached hydrogens (tertiary/aromatic N) is 2. The summed E-state index contributed by atoms with van der Waals surface area (Å²) in [5.41, 5.74) is 22.0. The molecule has 1 spiro atoms. The van der Waals surface area contributed by atoms with Crippen LogP contribution < -0.4 is 0 Å². The molecule has 0 unspecified atom stereocenters. The molecule has 63 heavy (non-hydrogen) atoms. The van der Waals surface area contributed by atoms with Crippen molar-refractivity contribution in [1.82, 2.24) is 0 Å². The van der Waals surface area contributed by atoms with Gasteiger partial charge >= 0.3 is 0 Å². The van der Waals surface area contributed by atoms with Gasteiger partial charge < -0.3 is 0 Å². The van der Waals surface area contributed by atoms with Gasteiger partial charge in [-0.2, -0.15) is 0 Å². The second kappa shape index (κ2) is 16.3. The van der Waals surface area contributed by atoms with E-state index in [0.29, 0.717) is 6.54 Å². The van der Waals surface area contributed by atoms with Crippen LogP contribution in [0.1, 0.15) is 63.4 Å². The SMILES string of the molecule is CCC(=NC(=NCc1ccccc1)c1cccc(-c2cccc(-c3cccc(-c4ccc5c(c4)-c4ccccc4C54c5ccccc5Cc5ccccc54)c3)c2)c1)c1ccccc1. The summed E-state index contributed by atoms with van der Waals surface area (Å²) < 4.78 is 0. The molecule has 0 N–H and O–H groups in total. The highest BCUT2D eigenvalue weighted by Crippen LogP contribution is 2.59. The van der Waals surface area contributed by atoms with Crippen LogP contribution in [0.4, 0.5) is 0 Å². The molecule has 9 aromatic carbocycles. The third kappa shape index (κ3) is 6.85. The Hall–Kier alpha value is -7.68. The van der Waals surface area contributed by atoms with E-state index in [1.807, 2.05) is 12.1 Å². The molecule has 0 saturated carbocycles. The predicted octanol–water partition coefficient (Wildman–Crippen LogP) is 14.8. The quantitative estimate of drug-likeness (QED) is 0.108. The molecule has 2 aliphatic carbocycles. The van der Waals surface area contributed by atoms with Gasteiger partial charge in [0.1, 0.15) is 0 Å². The fourth-order valence-electron chi connectivity index (χ4n) is 10.1. The lowest BCUT2D eigenvalue weighted by Gasteiger charge is -2.40. The molecular weight excluding hydrogens is 761 g/mol. The number of hydrogen-bond donors (Lipinski definition) is 0. The van der Waals surface area contributed by atoms with Gasteiger partial charge in [0, 0.05) is 11.3 Å². The molecule has 0 aromatic heterocycles. The summed E-state index contributed by atoms with van der Waals surface area (Å²) in [6, 6.07) is 81.9. The Morgan fingerprint density at radius 3 is 1.54 bits per heavy atom. The van der Waals surface area contributed by atoms with Gasteiger partial charge in [0.2, 0.25) is 0 Å². The van der Waals surface area contributed by atoms with Crippen LogP contribution in [0, 0.1) is 0 Å². The van der Waals surface area contributed by atoms with Crippen LogP contribution in [0.3, 0.4) is 0 Å². The van der Waals surface area contributed by atoms with Gasteiger partial charge in [0.25, 0.3) is 0 Å². The van der Waals surface area contributed by atoms with E-state index in [1.165, 1.54) is 66.8 Å². The van der Waals surface area contributed by atoms with Crippen LogP contribution in [0.25, 0.3) is 44.5 Å². The Balaban J connectivity index is 0.952. The fraction of sp³-hybridized carbons (Fsp3) is 0.0820. The Labute approximate surface area is 370 Å². The van der Waals surface area contributed by atoms with Crippen molar-refractivity contribution in [1.29, 1.82) is 0 Å². The normalized spacial score (nSPS) is 13.5. The molecule has 2 aliphatic rings. The summed E-state index contributed by atoms with van der Waals surface area (Å²) in [7, 11) is 0. The maximum absolute atomic E-state index is 5.23. The molecule has 0 atom stereocenters. The minimum absolute atomic E-state index is 0.351. The molecule has 9 aromatic rings. The van der Waals surface area contributed by atoms with Crippen molar-refractivity contribution in [3.8, 4) is 44.5 Å². The summed E-state index contributed by atoms with van der Waals surface area (Å²) in [5.74, 6) is 0.741. The van der Waals surface area contributed by atoms with Crippen molar-refractivity contribution in [2.75, 3.05) is 0 Å². The number of fused-ring (bicyclic) bond motifs is 9. The first-order valence-electron chi connectivity index (χ1n) is 22.1. The molecule has 0 heterocycles. The average Bonchev–Trinajstić information content (AvgIpc) is 3.64. The zero-order chi connectivity index (χ0) is 42.2. The molecule has 11 rings (SSSR count). The summed E-state index contributed by atoms with van der Waals surface area (Å²) in [4.78, 5) is 10.4.